The molecule has 0 radical (unpaired) electrons. The van der Waals surface area contributed by atoms with Crippen LogP contribution >= 0.6 is 0 Å². The van der Waals surface area contributed by atoms with Crippen LogP contribution in [0.15, 0.2) is 0 Å². The van der Waals surface area contributed by atoms with Crippen LogP contribution in [0.4, 0.5) is 0 Å². The molecule has 2 aliphatic carbocycles. The molecule has 0 saturated heterocycles. The summed E-state index contributed by atoms with van der Waals surface area (Å²) in [6.45, 7) is 4.63. The summed E-state index contributed by atoms with van der Waals surface area (Å²) in [7, 11) is 0. The summed E-state index contributed by atoms with van der Waals surface area (Å²) in [6.07, 6.45) is 7.59. The van der Waals surface area contributed by atoms with Gasteiger partial charge in [0, 0.05) is 0 Å². The van der Waals surface area contributed by atoms with Crippen molar-refractivity contribution in [3.05, 3.63) is 0 Å². The fraction of sp³-hybridized carbons (Fsp3) is 1.00. The second-order valence-electron chi connectivity index (χ2n) is 4.28. The van der Waals surface area contributed by atoms with Crippen LogP contribution in [0, 0.1) is 11.3 Å². The van der Waals surface area contributed by atoms with Gasteiger partial charge in [-0.25, -0.2) is 0 Å². The van der Waals surface area contributed by atoms with Gasteiger partial charge in [-0.3, -0.25) is 0 Å². The highest BCUT2D eigenvalue weighted by Gasteiger charge is 2.53. The molecule has 2 rings (SSSR count). The highest BCUT2D eigenvalue weighted by molar-refractivity contribution is 5.05. The Bertz CT molecular complexity index is 136. The summed E-state index contributed by atoms with van der Waals surface area (Å²) >= 11 is 0. The second kappa shape index (κ2) is 2.78. The van der Waals surface area contributed by atoms with Crippen molar-refractivity contribution in [1.29, 1.82) is 0 Å². The average molecular weight is 153 g/mol. The molecule has 0 aliphatic heterocycles. The van der Waals surface area contributed by atoms with E-state index < -0.39 is 0 Å². The summed E-state index contributed by atoms with van der Waals surface area (Å²) in [5.41, 5.74) is 0.849. The molecule has 2 saturated carbocycles. The summed E-state index contributed by atoms with van der Waals surface area (Å²) in [5.74, 6) is 1.05. The maximum atomic E-state index is 3.46. The van der Waals surface area contributed by atoms with Gasteiger partial charge in [0.05, 0.1) is 0 Å². The Balaban J connectivity index is 1.75. The molecule has 1 spiro atoms. The van der Waals surface area contributed by atoms with E-state index in [-0.39, 0.29) is 0 Å². The number of rotatable bonds is 3. The van der Waals surface area contributed by atoms with Crippen molar-refractivity contribution in [3.8, 4) is 0 Å². The third-order valence-corrected chi connectivity index (χ3v) is 3.60. The van der Waals surface area contributed by atoms with Gasteiger partial charge >= 0.3 is 0 Å². The molecular weight excluding hydrogens is 134 g/mol. The summed E-state index contributed by atoms with van der Waals surface area (Å²) < 4.78 is 0. The normalized spacial score (nSPS) is 33.0. The molecule has 2 fully saturated rings. The van der Waals surface area contributed by atoms with E-state index >= 15 is 0 Å². The third kappa shape index (κ3) is 1.31. The Labute approximate surface area is 69.6 Å². The second-order valence-corrected chi connectivity index (χ2v) is 4.28. The molecule has 2 aliphatic rings. The molecular formula is C10H19N. The Morgan fingerprint density at radius 1 is 1.36 bits per heavy atom. The van der Waals surface area contributed by atoms with E-state index in [1.54, 1.807) is 0 Å². The highest BCUT2D eigenvalue weighted by Crippen LogP contribution is 2.62. The van der Waals surface area contributed by atoms with E-state index in [2.05, 4.69) is 12.2 Å². The van der Waals surface area contributed by atoms with Crippen LogP contribution in [0.3, 0.4) is 0 Å². The summed E-state index contributed by atoms with van der Waals surface area (Å²) in [4.78, 5) is 0. The van der Waals surface area contributed by atoms with Gasteiger partial charge in [0.2, 0.25) is 0 Å². The zero-order valence-corrected chi connectivity index (χ0v) is 7.53. The fourth-order valence-corrected chi connectivity index (χ4v) is 2.73. The maximum absolute atomic E-state index is 3.46. The zero-order valence-electron chi connectivity index (χ0n) is 7.53. The molecule has 11 heavy (non-hydrogen) atoms. The quantitative estimate of drug-likeness (QED) is 0.655. The fourth-order valence-electron chi connectivity index (χ4n) is 2.73. The molecule has 0 heterocycles. The van der Waals surface area contributed by atoms with Gasteiger partial charge in [0.1, 0.15) is 0 Å². The van der Waals surface area contributed by atoms with Gasteiger partial charge in [0.25, 0.3) is 0 Å². The van der Waals surface area contributed by atoms with Gasteiger partial charge in [-0.1, -0.05) is 19.8 Å². The maximum Gasteiger partial charge on any atom is -0.00151 e. The first-order valence-electron chi connectivity index (χ1n) is 5.08. The lowest BCUT2D eigenvalue weighted by Gasteiger charge is -2.07. The van der Waals surface area contributed by atoms with Gasteiger partial charge in [-0.15, -0.1) is 0 Å². The molecule has 1 N–H and O–H groups in total. The van der Waals surface area contributed by atoms with Crippen molar-refractivity contribution >= 4 is 0 Å². The lowest BCUT2D eigenvalue weighted by atomic mass is 10.0. The largest absolute Gasteiger partial charge is 0.317 e. The SMILES string of the molecule is CCNCC1CC12CCCC2. The van der Waals surface area contributed by atoms with Crippen molar-refractivity contribution in [1.82, 2.24) is 5.32 Å². The zero-order chi connectivity index (χ0) is 7.73. The summed E-state index contributed by atoms with van der Waals surface area (Å²) in [5, 5.41) is 3.46. The minimum absolute atomic E-state index is 0.849. The van der Waals surface area contributed by atoms with E-state index in [9.17, 15) is 0 Å². The predicted octanol–water partition coefficient (Wildman–Crippen LogP) is 2.18. The van der Waals surface area contributed by atoms with Crippen LogP contribution in [0.1, 0.15) is 39.0 Å². The third-order valence-electron chi connectivity index (χ3n) is 3.60. The molecule has 0 aromatic heterocycles. The van der Waals surface area contributed by atoms with Crippen molar-refractivity contribution < 1.29 is 0 Å². The van der Waals surface area contributed by atoms with Crippen molar-refractivity contribution in [2.75, 3.05) is 13.1 Å². The first kappa shape index (κ1) is 7.60. The molecule has 0 bridgehead atoms. The minimum Gasteiger partial charge on any atom is -0.317 e. The van der Waals surface area contributed by atoms with Gasteiger partial charge in [-0.2, -0.15) is 0 Å². The van der Waals surface area contributed by atoms with Crippen LogP contribution in [-0.2, 0) is 0 Å². The topological polar surface area (TPSA) is 12.0 Å². The molecule has 1 heteroatoms. The van der Waals surface area contributed by atoms with E-state index in [1.165, 1.54) is 38.6 Å². The number of hydrogen-bond acceptors (Lipinski definition) is 1. The molecule has 1 nitrogen and oxygen atoms in total. The predicted molar refractivity (Wildman–Crippen MR) is 47.6 cm³/mol. The van der Waals surface area contributed by atoms with Gasteiger partial charge in [-0.05, 0) is 43.7 Å². The lowest BCUT2D eigenvalue weighted by Crippen LogP contribution is -2.18. The lowest BCUT2D eigenvalue weighted by molar-refractivity contribution is 0.455. The van der Waals surface area contributed by atoms with E-state index in [0.717, 1.165) is 17.9 Å². The molecule has 64 valence electrons. The Hall–Kier alpha value is -0.0400. The average Bonchev–Trinajstić information content (AvgIpc) is 2.41. The van der Waals surface area contributed by atoms with E-state index in [1.807, 2.05) is 0 Å². The molecule has 1 atom stereocenters. The number of hydrogen-bond donors (Lipinski definition) is 1. The Kier molecular flexibility index (Phi) is 1.92. The molecule has 0 aromatic rings. The van der Waals surface area contributed by atoms with Crippen molar-refractivity contribution in [2.24, 2.45) is 11.3 Å². The van der Waals surface area contributed by atoms with Crippen molar-refractivity contribution in [2.45, 2.75) is 39.0 Å². The van der Waals surface area contributed by atoms with E-state index in [4.69, 9.17) is 0 Å². The first-order valence-corrected chi connectivity index (χ1v) is 5.08. The molecule has 0 amide bonds. The Morgan fingerprint density at radius 3 is 2.73 bits per heavy atom. The Morgan fingerprint density at radius 2 is 2.09 bits per heavy atom. The minimum atomic E-state index is 0.849. The van der Waals surface area contributed by atoms with Crippen LogP contribution in [-0.4, -0.2) is 13.1 Å². The van der Waals surface area contributed by atoms with Gasteiger partial charge in [0.15, 0.2) is 0 Å². The smallest absolute Gasteiger partial charge is 0.00151 e. The van der Waals surface area contributed by atoms with Gasteiger partial charge < -0.3 is 5.32 Å². The van der Waals surface area contributed by atoms with Crippen LogP contribution in [0.25, 0.3) is 0 Å². The van der Waals surface area contributed by atoms with Crippen molar-refractivity contribution in [3.63, 3.8) is 0 Å². The van der Waals surface area contributed by atoms with E-state index in [0.29, 0.717) is 0 Å². The van der Waals surface area contributed by atoms with Crippen LogP contribution < -0.4 is 5.32 Å². The highest BCUT2D eigenvalue weighted by atomic mass is 14.9. The molecule has 1 unspecified atom stereocenters. The van der Waals surface area contributed by atoms with Crippen LogP contribution in [0.5, 0.6) is 0 Å². The van der Waals surface area contributed by atoms with Crippen LogP contribution in [0.2, 0.25) is 0 Å². The monoisotopic (exact) mass is 153 g/mol. The summed E-state index contributed by atoms with van der Waals surface area (Å²) in [6, 6.07) is 0. The molecule has 0 aromatic carbocycles. The number of nitrogens with one attached hydrogen (secondary N) is 1. The first-order chi connectivity index (χ1) is 5.37. The standard InChI is InChI=1S/C10H19N/c1-2-11-8-9-7-10(9)5-3-4-6-10/h9,11H,2-8H2,1H3.